The number of aliphatic carboxylic acids is 2. The first kappa shape index (κ1) is 26.7. The predicted octanol–water partition coefficient (Wildman–Crippen LogP) is -1.04. The van der Waals surface area contributed by atoms with E-state index in [2.05, 4.69) is 20.5 Å². The van der Waals surface area contributed by atoms with Crippen LogP contribution in [0, 0.1) is 0 Å². The first-order valence-electron chi connectivity index (χ1n) is 8.13. The SMILES string of the molecule is CCCN=C(N)Nc1cnn(CCCCC(N)=O)n1.O.O=C(O)/C=C\C(=O)O. The van der Waals surface area contributed by atoms with Gasteiger partial charge in [0.1, 0.15) is 0 Å². The van der Waals surface area contributed by atoms with Gasteiger partial charge in [-0.05, 0) is 19.3 Å². The van der Waals surface area contributed by atoms with Crippen LogP contribution in [-0.4, -0.2) is 61.0 Å². The number of rotatable bonds is 10. The Hall–Kier alpha value is -3.48. The normalized spacial score (nSPS) is 10.5. The Bertz CT molecular complexity index is 656. The average Bonchev–Trinajstić information content (AvgIpc) is 3.02. The summed E-state index contributed by atoms with van der Waals surface area (Å²) in [6.45, 7) is 3.35. The highest BCUT2D eigenvalue weighted by Crippen LogP contribution is 2.01. The molecule has 0 fully saturated rings. The lowest BCUT2D eigenvalue weighted by molar-refractivity contribution is -0.134. The molecule has 28 heavy (non-hydrogen) atoms. The molecule has 0 unspecified atom stereocenters. The van der Waals surface area contributed by atoms with Crippen molar-refractivity contribution < 1.29 is 30.1 Å². The van der Waals surface area contributed by atoms with Gasteiger partial charge in [-0.3, -0.25) is 9.79 Å². The minimum Gasteiger partial charge on any atom is -0.478 e. The molecule has 0 saturated heterocycles. The Kier molecular flexibility index (Phi) is 15.0. The van der Waals surface area contributed by atoms with Crippen molar-refractivity contribution in [1.82, 2.24) is 15.0 Å². The summed E-state index contributed by atoms with van der Waals surface area (Å²) in [5, 5.41) is 26.8. The summed E-state index contributed by atoms with van der Waals surface area (Å²) in [6.07, 6.45) is 5.57. The maximum absolute atomic E-state index is 10.6. The summed E-state index contributed by atoms with van der Waals surface area (Å²) in [7, 11) is 0. The minimum atomic E-state index is -1.26. The molecule has 0 aliphatic heterocycles. The molecule has 0 atom stereocenters. The van der Waals surface area contributed by atoms with E-state index in [4.69, 9.17) is 21.7 Å². The summed E-state index contributed by atoms with van der Waals surface area (Å²) >= 11 is 0. The second kappa shape index (κ2) is 15.7. The van der Waals surface area contributed by atoms with Gasteiger partial charge in [-0.25, -0.2) is 9.59 Å². The Morgan fingerprint density at radius 1 is 1.21 bits per heavy atom. The number of nitrogens with zero attached hydrogens (tertiary/aromatic N) is 4. The molecule has 158 valence electrons. The number of carbonyl (C=O) groups excluding carboxylic acids is 1. The van der Waals surface area contributed by atoms with E-state index in [9.17, 15) is 14.4 Å². The van der Waals surface area contributed by atoms with Crippen molar-refractivity contribution in [1.29, 1.82) is 0 Å². The zero-order valence-corrected chi connectivity index (χ0v) is 15.5. The van der Waals surface area contributed by atoms with Crippen molar-refractivity contribution >= 4 is 29.6 Å². The third-order valence-electron chi connectivity index (χ3n) is 2.70. The highest BCUT2D eigenvalue weighted by molar-refractivity contribution is 5.91. The maximum Gasteiger partial charge on any atom is 0.328 e. The van der Waals surface area contributed by atoms with E-state index in [-0.39, 0.29) is 11.4 Å². The van der Waals surface area contributed by atoms with Crippen LogP contribution >= 0.6 is 0 Å². The van der Waals surface area contributed by atoms with Crippen LogP contribution in [0.25, 0.3) is 0 Å². The van der Waals surface area contributed by atoms with Crippen LogP contribution in [0.1, 0.15) is 32.6 Å². The van der Waals surface area contributed by atoms with Gasteiger partial charge in [-0.15, -0.1) is 5.10 Å². The summed E-state index contributed by atoms with van der Waals surface area (Å²) in [6, 6.07) is 0. The molecular weight excluding hydrogens is 374 g/mol. The molecule has 0 saturated carbocycles. The zero-order chi connectivity index (χ0) is 20.7. The van der Waals surface area contributed by atoms with Crippen molar-refractivity contribution in [2.45, 2.75) is 39.2 Å². The number of anilines is 1. The molecule has 9 N–H and O–H groups in total. The number of unbranched alkanes of at least 4 members (excludes halogenated alkanes) is 1. The fourth-order valence-electron chi connectivity index (χ4n) is 1.56. The molecule has 0 aromatic carbocycles. The van der Waals surface area contributed by atoms with Crippen LogP contribution in [0.3, 0.4) is 0 Å². The number of hydrogen-bond donors (Lipinski definition) is 5. The molecule has 13 heteroatoms. The summed E-state index contributed by atoms with van der Waals surface area (Å²) in [5.74, 6) is -1.90. The van der Waals surface area contributed by atoms with E-state index in [1.165, 1.54) is 0 Å². The number of nitrogens with two attached hydrogens (primary N) is 2. The zero-order valence-electron chi connectivity index (χ0n) is 15.5. The molecule has 1 rings (SSSR count). The largest absolute Gasteiger partial charge is 0.478 e. The first-order chi connectivity index (χ1) is 12.7. The molecule has 1 amide bonds. The van der Waals surface area contributed by atoms with Crippen LogP contribution < -0.4 is 16.8 Å². The molecule has 0 bridgehead atoms. The number of carboxylic acids is 2. The van der Waals surface area contributed by atoms with Crippen LogP contribution in [0.5, 0.6) is 0 Å². The average molecular weight is 401 g/mol. The summed E-state index contributed by atoms with van der Waals surface area (Å²) < 4.78 is 0. The predicted molar refractivity (Wildman–Crippen MR) is 101 cm³/mol. The van der Waals surface area contributed by atoms with Gasteiger partial charge in [0.2, 0.25) is 5.91 Å². The molecule has 1 aromatic heterocycles. The van der Waals surface area contributed by atoms with Crippen molar-refractivity contribution in [2.75, 3.05) is 11.9 Å². The quantitative estimate of drug-likeness (QED) is 0.139. The number of aromatic nitrogens is 3. The summed E-state index contributed by atoms with van der Waals surface area (Å²) in [4.78, 5) is 35.3. The van der Waals surface area contributed by atoms with Crippen LogP contribution in [-0.2, 0) is 20.9 Å². The van der Waals surface area contributed by atoms with E-state index in [0.717, 1.165) is 19.3 Å². The molecular formula is C15H27N7O6. The summed E-state index contributed by atoms with van der Waals surface area (Å²) in [5.41, 5.74) is 10.7. The number of guanidine groups is 1. The number of aryl methyl sites for hydroxylation is 1. The van der Waals surface area contributed by atoms with Crippen LogP contribution in [0.2, 0.25) is 0 Å². The Morgan fingerprint density at radius 2 is 1.82 bits per heavy atom. The number of amides is 1. The molecule has 1 aromatic rings. The lowest BCUT2D eigenvalue weighted by atomic mass is 10.2. The maximum atomic E-state index is 10.6. The fraction of sp³-hybridized carbons (Fsp3) is 0.467. The molecule has 13 nitrogen and oxygen atoms in total. The van der Waals surface area contributed by atoms with Gasteiger partial charge in [0.05, 0.1) is 12.7 Å². The van der Waals surface area contributed by atoms with E-state index in [1.54, 1.807) is 11.0 Å². The lowest BCUT2D eigenvalue weighted by Gasteiger charge is -2.01. The molecule has 0 spiro atoms. The van der Waals surface area contributed by atoms with Crippen molar-refractivity contribution in [3.63, 3.8) is 0 Å². The highest BCUT2D eigenvalue weighted by Gasteiger charge is 2.02. The van der Waals surface area contributed by atoms with Crippen molar-refractivity contribution in [2.24, 2.45) is 16.5 Å². The minimum absolute atomic E-state index is 0. The third-order valence-corrected chi connectivity index (χ3v) is 2.70. The van der Waals surface area contributed by atoms with Gasteiger partial charge in [0.15, 0.2) is 11.8 Å². The van der Waals surface area contributed by atoms with Gasteiger partial charge in [0, 0.05) is 25.1 Å². The van der Waals surface area contributed by atoms with Gasteiger partial charge in [-0.2, -0.15) is 9.90 Å². The number of carbonyl (C=O) groups is 3. The van der Waals surface area contributed by atoms with Crippen LogP contribution in [0.4, 0.5) is 5.82 Å². The van der Waals surface area contributed by atoms with Gasteiger partial charge in [-0.1, -0.05) is 6.92 Å². The number of carboxylic acid groups (broad SMARTS) is 2. The molecule has 0 aliphatic rings. The van der Waals surface area contributed by atoms with Gasteiger partial charge >= 0.3 is 11.9 Å². The van der Waals surface area contributed by atoms with E-state index < -0.39 is 11.9 Å². The third kappa shape index (κ3) is 16.0. The smallest absolute Gasteiger partial charge is 0.328 e. The first-order valence-corrected chi connectivity index (χ1v) is 8.13. The highest BCUT2D eigenvalue weighted by atomic mass is 16.4. The van der Waals surface area contributed by atoms with E-state index >= 15 is 0 Å². The van der Waals surface area contributed by atoms with E-state index in [1.807, 2.05) is 6.92 Å². The number of hydrogen-bond acceptors (Lipinski definition) is 6. The standard InChI is InChI=1S/C11H21N7O.C4H4O4.H2O/c1-2-6-14-11(13)16-10-8-15-18(17-10)7-4-3-5-9(12)19;5-3(6)1-2-4(7)8;/h8H,2-7H2,1H3,(H2,12,19)(H3,13,14,16,17);1-2H,(H,5,6)(H,7,8);1H2/b;2-1-;. The topological polar surface area (TPSA) is 230 Å². The van der Waals surface area contributed by atoms with Crippen LogP contribution in [0.15, 0.2) is 23.3 Å². The van der Waals surface area contributed by atoms with Crippen molar-refractivity contribution in [3.05, 3.63) is 18.3 Å². The Morgan fingerprint density at radius 3 is 2.32 bits per heavy atom. The number of nitrogens with one attached hydrogen (secondary N) is 1. The monoisotopic (exact) mass is 401 g/mol. The fourth-order valence-corrected chi connectivity index (χ4v) is 1.56. The van der Waals surface area contributed by atoms with Gasteiger partial charge in [0.25, 0.3) is 0 Å². The number of aliphatic imine (C=N–C) groups is 1. The van der Waals surface area contributed by atoms with Gasteiger partial charge < -0.3 is 32.5 Å². The molecule has 1 heterocycles. The molecule has 0 radical (unpaired) electrons. The number of primary amides is 1. The second-order valence-electron chi connectivity index (χ2n) is 5.15. The van der Waals surface area contributed by atoms with E-state index in [0.29, 0.717) is 43.4 Å². The Balaban J connectivity index is 0. The Labute approximate surface area is 161 Å². The second-order valence-corrected chi connectivity index (χ2v) is 5.15. The lowest BCUT2D eigenvalue weighted by Crippen LogP contribution is -2.23. The molecule has 0 aliphatic carbocycles. The van der Waals surface area contributed by atoms with Crippen molar-refractivity contribution in [3.8, 4) is 0 Å².